The van der Waals surface area contributed by atoms with Crippen molar-refractivity contribution in [2.45, 2.75) is 40.0 Å². The highest BCUT2D eigenvalue weighted by atomic mass is 16.5. The standard InChI is InChI=1S/C27H38N2O4/c1-20(26(31)32)11-6-7-13-22(25(30)28-18-27(2,3)19-29(4)5)17-33-24-16-10-14-21-12-8-9-15-23(21)24/h8-10,12-16,20H,6-7,11,17-19H2,1-5H3,(H,28,30)(H,31,32). The van der Waals surface area contributed by atoms with E-state index in [9.17, 15) is 9.59 Å². The second kappa shape index (κ2) is 12.4. The van der Waals surface area contributed by atoms with Crippen molar-refractivity contribution in [3.63, 3.8) is 0 Å². The lowest BCUT2D eigenvalue weighted by molar-refractivity contribution is -0.141. The summed E-state index contributed by atoms with van der Waals surface area (Å²) < 4.78 is 6.08. The van der Waals surface area contributed by atoms with E-state index in [0.717, 1.165) is 23.1 Å². The Hall–Kier alpha value is -2.86. The molecule has 1 amide bonds. The van der Waals surface area contributed by atoms with Crippen molar-refractivity contribution in [1.29, 1.82) is 0 Å². The number of amides is 1. The van der Waals surface area contributed by atoms with Crippen LogP contribution in [0, 0.1) is 11.3 Å². The van der Waals surface area contributed by atoms with E-state index in [1.54, 1.807) is 6.92 Å². The van der Waals surface area contributed by atoms with Crippen LogP contribution in [0.25, 0.3) is 10.8 Å². The third kappa shape index (κ3) is 8.89. The molecule has 33 heavy (non-hydrogen) atoms. The molecule has 0 aliphatic rings. The van der Waals surface area contributed by atoms with Crippen molar-refractivity contribution in [3.8, 4) is 5.75 Å². The Morgan fingerprint density at radius 1 is 1.15 bits per heavy atom. The van der Waals surface area contributed by atoms with Gasteiger partial charge < -0.3 is 20.1 Å². The number of unbranched alkanes of at least 4 members (excludes halogenated alkanes) is 1. The Balaban J connectivity index is 2.09. The Morgan fingerprint density at radius 3 is 2.55 bits per heavy atom. The molecule has 1 unspecified atom stereocenters. The highest BCUT2D eigenvalue weighted by Gasteiger charge is 2.21. The predicted octanol–water partition coefficient (Wildman–Crippen LogP) is 4.74. The van der Waals surface area contributed by atoms with Crippen LogP contribution in [0.1, 0.15) is 40.0 Å². The third-order valence-corrected chi connectivity index (χ3v) is 5.55. The number of fused-ring (bicyclic) bond motifs is 1. The number of nitrogens with one attached hydrogen (secondary N) is 1. The minimum absolute atomic E-state index is 0.0717. The van der Waals surface area contributed by atoms with Crippen molar-refractivity contribution >= 4 is 22.6 Å². The number of nitrogens with zero attached hydrogens (tertiary/aromatic N) is 1. The number of carbonyl (C=O) groups is 2. The highest BCUT2D eigenvalue weighted by Crippen LogP contribution is 2.25. The van der Waals surface area contributed by atoms with E-state index in [-0.39, 0.29) is 17.9 Å². The molecule has 0 aliphatic heterocycles. The minimum Gasteiger partial charge on any atom is -0.488 e. The molecule has 6 nitrogen and oxygen atoms in total. The molecule has 0 aliphatic carbocycles. The van der Waals surface area contributed by atoms with Crippen LogP contribution in [0.4, 0.5) is 0 Å². The van der Waals surface area contributed by atoms with Gasteiger partial charge in [-0.3, -0.25) is 9.59 Å². The number of carboxylic acids is 1. The van der Waals surface area contributed by atoms with Crippen LogP contribution in [0.5, 0.6) is 5.75 Å². The first-order valence-corrected chi connectivity index (χ1v) is 11.5. The smallest absolute Gasteiger partial charge is 0.306 e. The first-order valence-electron chi connectivity index (χ1n) is 11.5. The molecule has 0 heterocycles. The summed E-state index contributed by atoms with van der Waals surface area (Å²) in [5, 5.41) is 14.2. The Morgan fingerprint density at radius 2 is 1.85 bits per heavy atom. The van der Waals surface area contributed by atoms with Gasteiger partial charge in [-0.25, -0.2) is 0 Å². The van der Waals surface area contributed by atoms with Gasteiger partial charge in [0.15, 0.2) is 0 Å². The van der Waals surface area contributed by atoms with Gasteiger partial charge >= 0.3 is 5.97 Å². The number of hydrogen-bond donors (Lipinski definition) is 2. The van der Waals surface area contributed by atoms with E-state index < -0.39 is 11.9 Å². The van der Waals surface area contributed by atoms with Crippen LogP contribution in [0.2, 0.25) is 0 Å². The molecule has 180 valence electrons. The van der Waals surface area contributed by atoms with E-state index >= 15 is 0 Å². The number of benzene rings is 2. The molecule has 0 spiro atoms. The van der Waals surface area contributed by atoms with Gasteiger partial charge in [-0.15, -0.1) is 0 Å². The maximum absolute atomic E-state index is 13.0. The number of carbonyl (C=O) groups excluding carboxylic acids is 1. The number of carboxylic acid groups (broad SMARTS) is 1. The Kier molecular flexibility index (Phi) is 9.92. The number of hydrogen-bond acceptors (Lipinski definition) is 4. The number of rotatable bonds is 13. The summed E-state index contributed by atoms with van der Waals surface area (Å²) in [5.74, 6) is -0.596. The van der Waals surface area contributed by atoms with Crippen LogP contribution in [-0.4, -0.2) is 55.7 Å². The summed E-state index contributed by atoms with van der Waals surface area (Å²) in [5.41, 5.74) is 0.490. The summed E-state index contributed by atoms with van der Waals surface area (Å²) in [6.07, 6.45) is 3.78. The van der Waals surface area contributed by atoms with Gasteiger partial charge in [0.2, 0.25) is 5.91 Å². The summed E-state index contributed by atoms with van der Waals surface area (Å²) in [6, 6.07) is 13.9. The molecular formula is C27H38N2O4. The van der Waals surface area contributed by atoms with Crippen LogP contribution >= 0.6 is 0 Å². The summed E-state index contributed by atoms with van der Waals surface area (Å²) in [4.78, 5) is 26.2. The number of ether oxygens (including phenoxy) is 1. The fourth-order valence-corrected chi connectivity index (χ4v) is 3.86. The molecule has 2 aromatic carbocycles. The van der Waals surface area contributed by atoms with Crippen molar-refractivity contribution < 1.29 is 19.4 Å². The summed E-state index contributed by atoms with van der Waals surface area (Å²) >= 11 is 0. The van der Waals surface area contributed by atoms with Crippen molar-refractivity contribution in [1.82, 2.24) is 10.2 Å². The highest BCUT2D eigenvalue weighted by molar-refractivity contribution is 5.94. The Bertz CT molecular complexity index is 960. The molecule has 0 saturated carbocycles. The maximum Gasteiger partial charge on any atom is 0.306 e. The first kappa shape index (κ1) is 26.4. The zero-order valence-corrected chi connectivity index (χ0v) is 20.6. The largest absolute Gasteiger partial charge is 0.488 e. The van der Waals surface area contributed by atoms with Crippen LogP contribution < -0.4 is 10.1 Å². The average molecular weight is 455 g/mol. The maximum atomic E-state index is 13.0. The molecule has 2 N–H and O–H groups in total. The zero-order chi connectivity index (χ0) is 24.4. The van der Waals surface area contributed by atoms with Gasteiger partial charge in [0.05, 0.1) is 11.5 Å². The fourth-order valence-electron chi connectivity index (χ4n) is 3.86. The molecular weight excluding hydrogens is 416 g/mol. The lowest BCUT2D eigenvalue weighted by Crippen LogP contribution is -2.40. The van der Waals surface area contributed by atoms with Gasteiger partial charge in [-0.1, -0.05) is 63.2 Å². The van der Waals surface area contributed by atoms with E-state index in [1.807, 2.05) is 62.6 Å². The van der Waals surface area contributed by atoms with Crippen molar-refractivity contribution in [3.05, 3.63) is 54.1 Å². The zero-order valence-electron chi connectivity index (χ0n) is 20.6. The predicted molar refractivity (Wildman–Crippen MR) is 134 cm³/mol. The lowest BCUT2D eigenvalue weighted by Gasteiger charge is -2.28. The molecule has 2 rings (SSSR count). The van der Waals surface area contributed by atoms with E-state index in [1.165, 1.54) is 0 Å². The third-order valence-electron chi connectivity index (χ3n) is 5.55. The van der Waals surface area contributed by atoms with E-state index in [0.29, 0.717) is 31.4 Å². The minimum atomic E-state index is -0.792. The normalized spacial score (nSPS) is 13.2. The first-order chi connectivity index (χ1) is 15.6. The van der Waals surface area contributed by atoms with Gasteiger partial charge in [0, 0.05) is 18.5 Å². The number of aliphatic carboxylic acids is 1. The monoisotopic (exact) mass is 454 g/mol. The Labute approximate surface area is 197 Å². The van der Waals surface area contributed by atoms with Crippen LogP contribution in [0.3, 0.4) is 0 Å². The lowest BCUT2D eigenvalue weighted by atomic mass is 9.93. The van der Waals surface area contributed by atoms with Gasteiger partial charge in [-0.2, -0.15) is 0 Å². The van der Waals surface area contributed by atoms with Crippen LogP contribution in [-0.2, 0) is 9.59 Å². The molecule has 1 atom stereocenters. The molecule has 0 fully saturated rings. The molecule has 0 aromatic heterocycles. The topological polar surface area (TPSA) is 78.9 Å². The fraction of sp³-hybridized carbons (Fsp3) is 0.481. The van der Waals surface area contributed by atoms with Gasteiger partial charge in [0.1, 0.15) is 12.4 Å². The molecule has 0 saturated heterocycles. The molecule has 0 radical (unpaired) electrons. The van der Waals surface area contributed by atoms with Crippen molar-refractivity contribution in [2.24, 2.45) is 11.3 Å². The quantitative estimate of drug-likeness (QED) is 0.338. The molecule has 2 aromatic rings. The molecule has 6 heteroatoms. The van der Waals surface area contributed by atoms with Gasteiger partial charge in [-0.05, 0) is 50.2 Å². The number of allylic oxidation sites excluding steroid dienone is 1. The average Bonchev–Trinajstić information content (AvgIpc) is 2.76. The molecule has 0 bridgehead atoms. The van der Waals surface area contributed by atoms with Crippen molar-refractivity contribution in [2.75, 3.05) is 33.8 Å². The summed E-state index contributed by atoms with van der Waals surface area (Å²) in [7, 11) is 4.04. The second-order valence-electron chi connectivity index (χ2n) is 9.75. The van der Waals surface area contributed by atoms with Crippen LogP contribution in [0.15, 0.2) is 54.1 Å². The SMILES string of the molecule is CC(CCCC=C(COc1cccc2ccccc12)C(=O)NCC(C)(C)CN(C)C)C(=O)O. The van der Waals surface area contributed by atoms with Gasteiger partial charge in [0.25, 0.3) is 0 Å². The summed E-state index contributed by atoms with van der Waals surface area (Å²) in [6.45, 7) is 7.50. The van der Waals surface area contributed by atoms with E-state index in [2.05, 4.69) is 24.1 Å². The second-order valence-corrected chi connectivity index (χ2v) is 9.75. The van der Waals surface area contributed by atoms with E-state index in [4.69, 9.17) is 9.84 Å².